The second kappa shape index (κ2) is 6.56. The third kappa shape index (κ3) is 3.01. The number of carbonyl (C=O) groups is 1. The van der Waals surface area contributed by atoms with Crippen LogP contribution >= 0.6 is 0 Å². The minimum absolute atomic E-state index is 0.379. The Morgan fingerprint density at radius 1 is 1.22 bits per heavy atom. The van der Waals surface area contributed by atoms with Crippen molar-refractivity contribution >= 4 is 29.1 Å². The molecule has 0 aliphatic carbocycles. The molecule has 0 saturated carbocycles. The summed E-state index contributed by atoms with van der Waals surface area (Å²) in [5.41, 5.74) is 4.57. The molecule has 0 radical (unpaired) electrons. The summed E-state index contributed by atoms with van der Waals surface area (Å²) in [7, 11) is 5.78. The highest BCUT2D eigenvalue weighted by molar-refractivity contribution is 5.85. The predicted molar refractivity (Wildman–Crippen MR) is 105 cm³/mol. The maximum Gasteiger partial charge on any atom is 0.180 e. The van der Waals surface area contributed by atoms with Gasteiger partial charge in [-0.3, -0.25) is 13.9 Å². The molecule has 27 heavy (non-hydrogen) atoms. The van der Waals surface area contributed by atoms with Crippen LogP contribution in [0.5, 0.6) is 0 Å². The molecule has 0 aliphatic rings. The molecule has 0 unspecified atom stereocenters. The minimum Gasteiger partial charge on any atom is -0.378 e. The standard InChI is InChI=1S/C19H19N7O/c1-24(2)14-6-4-5-13(9-14)22-18-19-21-10-17(26(19)8-7-20-18)15-11-25(3)23-16(15)12-27/h4-12H,1-3H3,(H,20,22). The first kappa shape index (κ1) is 16.8. The summed E-state index contributed by atoms with van der Waals surface area (Å²) in [5.74, 6) is 0.635. The Bertz CT molecular complexity index is 1130. The van der Waals surface area contributed by atoms with E-state index in [1.165, 1.54) is 0 Å². The first-order valence-electron chi connectivity index (χ1n) is 8.42. The third-order valence-corrected chi connectivity index (χ3v) is 4.30. The van der Waals surface area contributed by atoms with Crippen molar-refractivity contribution in [1.82, 2.24) is 24.1 Å². The lowest BCUT2D eigenvalue weighted by atomic mass is 10.2. The highest BCUT2D eigenvalue weighted by Gasteiger charge is 2.16. The zero-order chi connectivity index (χ0) is 19.0. The van der Waals surface area contributed by atoms with Crippen LogP contribution in [0.25, 0.3) is 16.9 Å². The molecule has 0 fully saturated rings. The van der Waals surface area contributed by atoms with E-state index < -0.39 is 0 Å². The van der Waals surface area contributed by atoms with E-state index >= 15 is 0 Å². The Morgan fingerprint density at radius 3 is 2.85 bits per heavy atom. The van der Waals surface area contributed by atoms with Crippen LogP contribution in [0, 0.1) is 0 Å². The van der Waals surface area contributed by atoms with Gasteiger partial charge in [-0.15, -0.1) is 0 Å². The molecule has 0 spiro atoms. The molecule has 1 N–H and O–H groups in total. The number of carbonyl (C=O) groups excluding carboxylic acids is 1. The van der Waals surface area contributed by atoms with Crippen molar-refractivity contribution in [2.75, 3.05) is 24.3 Å². The summed E-state index contributed by atoms with van der Waals surface area (Å²) < 4.78 is 3.51. The first-order valence-corrected chi connectivity index (χ1v) is 8.42. The van der Waals surface area contributed by atoms with Crippen LogP contribution in [-0.4, -0.2) is 44.5 Å². The van der Waals surface area contributed by atoms with E-state index in [9.17, 15) is 4.79 Å². The Balaban J connectivity index is 1.77. The maximum absolute atomic E-state index is 11.3. The zero-order valence-electron chi connectivity index (χ0n) is 15.3. The van der Waals surface area contributed by atoms with Gasteiger partial charge < -0.3 is 10.2 Å². The van der Waals surface area contributed by atoms with Crippen molar-refractivity contribution in [2.45, 2.75) is 0 Å². The number of benzene rings is 1. The van der Waals surface area contributed by atoms with Crippen LogP contribution in [0.15, 0.2) is 49.1 Å². The quantitative estimate of drug-likeness (QED) is 0.551. The van der Waals surface area contributed by atoms with Crippen LogP contribution in [0.4, 0.5) is 17.2 Å². The van der Waals surface area contributed by atoms with Crippen LogP contribution in [0.3, 0.4) is 0 Å². The second-order valence-electron chi connectivity index (χ2n) is 6.40. The molecule has 0 amide bonds. The van der Waals surface area contributed by atoms with E-state index in [1.807, 2.05) is 53.9 Å². The van der Waals surface area contributed by atoms with Crippen molar-refractivity contribution in [2.24, 2.45) is 7.05 Å². The lowest BCUT2D eigenvalue weighted by Crippen LogP contribution is -2.08. The van der Waals surface area contributed by atoms with E-state index in [1.54, 1.807) is 30.3 Å². The molecule has 0 bridgehead atoms. The average Bonchev–Trinajstić information content (AvgIpc) is 3.25. The van der Waals surface area contributed by atoms with Crippen molar-refractivity contribution in [3.05, 3.63) is 54.7 Å². The van der Waals surface area contributed by atoms with Gasteiger partial charge in [-0.2, -0.15) is 5.10 Å². The molecule has 8 nitrogen and oxygen atoms in total. The van der Waals surface area contributed by atoms with Gasteiger partial charge in [0.2, 0.25) is 0 Å². The van der Waals surface area contributed by atoms with Gasteiger partial charge in [-0.05, 0) is 18.2 Å². The summed E-state index contributed by atoms with van der Waals surface area (Å²) in [6.45, 7) is 0. The van der Waals surface area contributed by atoms with Crippen LogP contribution < -0.4 is 10.2 Å². The summed E-state index contributed by atoms with van der Waals surface area (Å²) in [6.07, 6.45) is 7.81. The van der Waals surface area contributed by atoms with Crippen molar-refractivity contribution in [1.29, 1.82) is 0 Å². The normalized spacial score (nSPS) is 10.9. The number of nitrogens with zero attached hydrogens (tertiary/aromatic N) is 6. The number of rotatable bonds is 5. The Kier molecular flexibility index (Phi) is 4.08. The lowest BCUT2D eigenvalue weighted by Gasteiger charge is -2.14. The molecule has 0 saturated heterocycles. The van der Waals surface area contributed by atoms with Crippen LogP contribution in [0.1, 0.15) is 10.5 Å². The minimum atomic E-state index is 0.379. The smallest absolute Gasteiger partial charge is 0.180 e. The van der Waals surface area contributed by atoms with E-state index in [-0.39, 0.29) is 0 Å². The highest BCUT2D eigenvalue weighted by Crippen LogP contribution is 2.27. The van der Waals surface area contributed by atoms with E-state index in [0.717, 1.165) is 28.9 Å². The van der Waals surface area contributed by atoms with Gasteiger partial charge in [-0.1, -0.05) is 6.07 Å². The molecule has 0 aliphatic heterocycles. The summed E-state index contributed by atoms with van der Waals surface area (Å²) in [5, 5.41) is 7.51. The molecule has 0 atom stereocenters. The van der Waals surface area contributed by atoms with Gasteiger partial charge in [0.25, 0.3) is 0 Å². The number of hydrogen-bond donors (Lipinski definition) is 1. The SMILES string of the molecule is CN(C)c1cccc(Nc2nccn3c(-c4cn(C)nc4C=O)cnc23)c1. The van der Waals surface area contributed by atoms with Gasteiger partial charge in [0.1, 0.15) is 5.69 Å². The molecular formula is C19H19N7O. The van der Waals surface area contributed by atoms with Crippen LogP contribution in [0.2, 0.25) is 0 Å². The average molecular weight is 361 g/mol. The molecule has 1 aromatic carbocycles. The Labute approximate surface area is 156 Å². The third-order valence-electron chi connectivity index (χ3n) is 4.30. The molecule has 136 valence electrons. The first-order chi connectivity index (χ1) is 13.1. The van der Waals surface area contributed by atoms with Crippen molar-refractivity contribution in [3.8, 4) is 11.3 Å². The lowest BCUT2D eigenvalue weighted by molar-refractivity contribution is 0.111. The Hall–Kier alpha value is -3.68. The summed E-state index contributed by atoms with van der Waals surface area (Å²) in [6, 6.07) is 8.05. The molecule has 3 heterocycles. The largest absolute Gasteiger partial charge is 0.378 e. The zero-order valence-corrected chi connectivity index (χ0v) is 15.3. The number of aldehydes is 1. The van der Waals surface area contributed by atoms with E-state index in [0.29, 0.717) is 17.2 Å². The van der Waals surface area contributed by atoms with Crippen molar-refractivity contribution in [3.63, 3.8) is 0 Å². The number of anilines is 3. The summed E-state index contributed by atoms with van der Waals surface area (Å²) >= 11 is 0. The second-order valence-corrected chi connectivity index (χ2v) is 6.40. The number of aromatic nitrogens is 5. The fraction of sp³-hybridized carbons (Fsp3) is 0.158. The monoisotopic (exact) mass is 361 g/mol. The number of fused-ring (bicyclic) bond motifs is 1. The fourth-order valence-electron chi connectivity index (χ4n) is 3.00. The molecule has 4 rings (SSSR count). The number of hydrogen-bond acceptors (Lipinski definition) is 6. The number of imidazole rings is 1. The van der Waals surface area contributed by atoms with Gasteiger partial charge in [-0.25, -0.2) is 9.97 Å². The summed E-state index contributed by atoms with van der Waals surface area (Å²) in [4.78, 5) is 22.3. The van der Waals surface area contributed by atoms with E-state index in [4.69, 9.17) is 0 Å². The van der Waals surface area contributed by atoms with E-state index in [2.05, 4.69) is 20.4 Å². The highest BCUT2D eigenvalue weighted by atomic mass is 16.1. The maximum atomic E-state index is 11.3. The van der Waals surface area contributed by atoms with Gasteiger partial charge in [0, 0.05) is 56.7 Å². The number of nitrogens with one attached hydrogen (secondary N) is 1. The Morgan fingerprint density at radius 2 is 2.07 bits per heavy atom. The molecule has 8 heteroatoms. The fourth-order valence-corrected chi connectivity index (χ4v) is 3.00. The molecule has 3 aromatic heterocycles. The predicted octanol–water partition coefficient (Wildman–Crippen LogP) is 2.75. The van der Waals surface area contributed by atoms with Crippen molar-refractivity contribution < 1.29 is 4.79 Å². The number of aryl methyl sites for hydroxylation is 1. The van der Waals surface area contributed by atoms with Crippen LogP contribution in [-0.2, 0) is 7.05 Å². The molecular weight excluding hydrogens is 342 g/mol. The topological polar surface area (TPSA) is 80.4 Å². The van der Waals surface area contributed by atoms with Gasteiger partial charge >= 0.3 is 0 Å². The molecule has 4 aromatic rings. The van der Waals surface area contributed by atoms with Gasteiger partial charge in [0.15, 0.2) is 17.8 Å². The van der Waals surface area contributed by atoms with Gasteiger partial charge in [0.05, 0.1) is 11.9 Å².